The van der Waals surface area contributed by atoms with Gasteiger partial charge in [-0.2, -0.15) is 5.10 Å². The second-order valence-corrected chi connectivity index (χ2v) is 14.5. The van der Waals surface area contributed by atoms with Crippen molar-refractivity contribution in [1.29, 1.82) is 0 Å². The second kappa shape index (κ2) is 14.2. The lowest BCUT2D eigenvalue weighted by Gasteiger charge is -2.48. The smallest absolute Gasteiger partial charge is 0.257 e. The molecule has 3 aromatic carbocycles. The number of piperidine rings is 1. The van der Waals surface area contributed by atoms with Crippen LogP contribution in [0.4, 0.5) is 15.8 Å². The molecule has 4 fully saturated rings. The van der Waals surface area contributed by atoms with Crippen LogP contribution in [0, 0.1) is 24.6 Å². The van der Waals surface area contributed by atoms with Crippen LogP contribution in [0.1, 0.15) is 84.9 Å². The average molecular weight is 680 g/mol. The van der Waals surface area contributed by atoms with Crippen molar-refractivity contribution in [2.75, 3.05) is 37.1 Å². The van der Waals surface area contributed by atoms with Gasteiger partial charge in [-0.25, -0.2) is 4.39 Å². The number of carbonyl (C=O) groups is 2. The van der Waals surface area contributed by atoms with Crippen LogP contribution in [-0.2, 0) is 14.3 Å². The highest BCUT2D eigenvalue weighted by Crippen LogP contribution is 2.49. The van der Waals surface area contributed by atoms with Gasteiger partial charge in [0.25, 0.3) is 5.91 Å². The summed E-state index contributed by atoms with van der Waals surface area (Å²) in [6.45, 7) is 4.73. The van der Waals surface area contributed by atoms with Gasteiger partial charge in [0, 0.05) is 55.3 Å². The molecule has 4 atom stereocenters. The molecule has 2 N–H and O–H groups in total. The number of anilines is 2. The first-order chi connectivity index (χ1) is 24.4. The third-order valence-corrected chi connectivity index (χ3v) is 11.5. The topological polar surface area (TPSA) is 97.7 Å². The summed E-state index contributed by atoms with van der Waals surface area (Å²) in [7, 11) is 0. The van der Waals surface area contributed by atoms with E-state index in [-0.39, 0.29) is 29.3 Å². The van der Waals surface area contributed by atoms with Crippen molar-refractivity contribution in [3.8, 4) is 0 Å². The van der Waals surface area contributed by atoms with Gasteiger partial charge in [-0.3, -0.25) is 14.3 Å². The lowest BCUT2D eigenvalue weighted by Crippen LogP contribution is -2.54. The van der Waals surface area contributed by atoms with E-state index in [2.05, 4.69) is 15.3 Å². The Hall–Kier alpha value is -4.28. The highest BCUT2D eigenvalue weighted by molar-refractivity contribution is 5.99. The molecule has 3 aliphatic heterocycles. The summed E-state index contributed by atoms with van der Waals surface area (Å²) in [4.78, 5) is 31.0. The minimum absolute atomic E-state index is 0.0667. The quantitative estimate of drug-likeness (QED) is 0.211. The number of rotatable bonds is 7. The van der Waals surface area contributed by atoms with E-state index >= 15 is 4.39 Å². The molecule has 4 heterocycles. The number of amides is 2. The number of halogens is 1. The molecule has 0 radical (unpaired) electrons. The van der Waals surface area contributed by atoms with Crippen molar-refractivity contribution >= 4 is 34.1 Å². The Balaban J connectivity index is 1.12. The molecule has 9 nitrogen and oxygen atoms in total. The van der Waals surface area contributed by atoms with E-state index in [9.17, 15) is 9.59 Å². The summed E-state index contributed by atoms with van der Waals surface area (Å²) in [5, 5.41) is 12.5. The van der Waals surface area contributed by atoms with Gasteiger partial charge in [-0.15, -0.1) is 0 Å². The number of fused-ring (bicyclic) bond motifs is 2. The fraction of sp³-hybridized carbons (Fsp3) is 0.475. The van der Waals surface area contributed by atoms with Crippen molar-refractivity contribution in [2.24, 2.45) is 11.8 Å². The Morgan fingerprint density at radius 1 is 0.880 bits per heavy atom. The third-order valence-electron chi connectivity index (χ3n) is 11.5. The van der Waals surface area contributed by atoms with Gasteiger partial charge in [-0.05, 0) is 105 Å². The van der Waals surface area contributed by atoms with Crippen molar-refractivity contribution in [3.63, 3.8) is 0 Å². The summed E-state index contributed by atoms with van der Waals surface area (Å²) in [5.74, 6) is -1.37. The van der Waals surface area contributed by atoms with Gasteiger partial charge < -0.3 is 25.0 Å². The molecule has 0 unspecified atom stereocenters. The molecular formula is C40H46FN5O4. The van der Waals surface area contributed by atoms with Crippen LogP contribution >= 0.6 is 0 Å². The lowest BCUT2D eigenvalue weighted by molar-refractivity contribution is -0.125. The predicted octanol–water partition coefficient (Wildman–Crippen LogP) is 7.44. The molecule has 50 heavy (non-hydrogen) atoms. The minimum Gasteiger partial charge on any atom is -0.382 e. The SMILES string of the molecule is Cc1cccc(F)c1C(=O)N1[C@@H]2CCC[C@@H]2C[C@H](C(=O)Nc2ccc3c(cnn3C3CCOCC3)c2)[C@@H]1c1ccc(NC2CCOCC2)cc1. The monoisotopic (exact) mass is 679 g/mol. The number of nitrogens with one attached hydrogen (secondary N) is 2. The third kappa shape index (κ3) is 6.39. The number of carbonyl (C=O) groups excluding carboxylic acids is 2. The molecular weight excluding hydrogens is 633 g/mol. The normalized spacial score (nSPS) is 24.6. The highest BCUT2D eigenvalue weighted by atomic mass is 19.1. The minimum atomic E-state index is -0.557. The fourth-order valence-electron chi connectivity index (χ4n) is 8.91. The van der Waals surface area contributed by atoms with Crippen LogP contribution < -0.4 is 10.6 Å². The van der Waals surface area contributed by atoms with Crippen LogP contribution in [0.2, 0.25) is 0 Å². The molecule has 262 valence electrons. The maximum atomic E-state index is 15.4. The Bertz CT molecular complexity index is 1830. The van der Waals surface area contributed by atoms with Gasteiger partial charge in [0.15, 0.2) is 0 Å². The van der Waals surface area contributed by atoms with Gasteiger partial charge >= 0.3 is 0 Å². The molecule has 1 saturated carbocycles. The van der Waals surface area contributed by atoms with Crippen LogP contribution in [0.5, 0.6) is 0 Å². The summed E-state index contributed by atoms with van der Waals surface area (Å²) < 4.78 is 28.6. The number of nitrogens with zero attached hydrogens (tertiary/aromatic N) is 3. The van der Waals surface area contributed by atoms with E-state index in [1.54, 1.807) is 19.1 Å². The van der Waals surface area contributed by atoms with Gasteiger partial charge in [-0.1, -0.05) is 30.7 Å². The van der Waals surface area contributed by atoms with Crippen LogP contribution in [-0.4, -0.2) is 65.0 Å². The Morgan fingerprint density at radius 3 is 2.38 bits per heavy atom. The molecule has 8 rings (SSSR count). The van der Waals surface area contributed by atoms with E-state index in [0.29, 0.717) is 29.8 Å². The summed E-state index contributed by atoms with van der Waals surface area (Å²) in [5.41, 5.74) is 4.29. The molecule has 4 aliphatic rings. The molecule has 0 bridgehead atoms. The van der Waals surface area contributed by atoms with Gasteiger partial charge in [0.05, 0.1) is 35.3 Å². The van der Waals surface area contributed by atoms with E-state index in [1.165, 1.54) is 6.07 Å². The largest absolute Gasteiger partial charge is 0.382 e. The van der Waals surface area contributed by atoms with E-state index in [0.717, 1.165) is 93.5 Å². The Labute approximate surface area is 292 Å². The highest BCUT2D eigenvalue weighted by Gasteiger charge is 2.50. The summed E-state index contributed by atoms with van der Waals surface area (Å²) in [6, 6.07) is 18.9. The van der Waals surface area contributed by atoms with Crippen LogP contribution in [0.3, 0.4) is 0 Å². The molecule has 1 aromatic heterocycles. The molecule has 10 heteroatoms. The molecule has 2 amide bonds. The zero-order chi connectivity index (χ0) is 34.2. The van der Waals surface area contributed by atoms with Gasteiger partial charge in [0.2, 0.25) is 5.91 Å². The average Bonchev–Trinajstić information content (AvgIpc) is 3.79. The van der Waals surface area contributed by atoms with Gasteiger partial charge in [0.1, 0.15) is 5.82 Å². The second-order valence-electron chi connectivity index (χ2n) is 14.5. The number of aryl methyl sites for hydroxylation is 1. The molecule has 3 saturated heterocycles. The standard InChI is InChI=1S/C40H46FN5O4/c1-25-4-2-6-34(41)37(25)40(48)45-35-7-3-5-27(35)23-33(38(45)26-8-10-29(11-9-26)43-30-14-18-49-19-15-30)39(47)44-31-12-13-36-28(22-31)24-42-46(36)32-16-20-50-21-17-32/h2,4,6,8-13,22,24,27,30,32-33,35,38,43H,3,5,7,14-21,23H2,1H3,(H,44,47)/t27-,33+,35-,38+/m1/s1. The number of benzene rings is 3. The number of likely N-dealkylation sites (tertiary alicyclic amines) is 1. The number of hydrogen-bond acceptors (Lipinski definition) is 6. The number of hydrogen-bond donors (Lipinski definition) is 2. The Kier molecular flexibility index (Phi) is 9.31. The zero-order valence-electron chi connectivity index (χ0n) is 28.7. The lowest BCUT2D eigenvalue weighted by atomic mass is 9.76. The first kappa shape index (κ1) is 32.9. The molecule has 0 spiro atoms. The number of ether oxygens (including phenoxy) is 2. The fourth-order valence-corrected chi connectivity index (χ4v) is 8.91. The van der Waals surface area contributed by atoms with Crippen molar-refractivity contribution < 1.29 is 23.5 Å². The summed E-state index contributed by atoms with van der Waals surface area (Å²) >= 11 is 0. The van der Waals surface area contributed by atoms with E-state index < -0.39 is 17.8 Å². The molecule has 4 aromatic rings. The first-order valence-electron chi connectivity index (χ1n) is 18.3. The van der Waals surface area contributed by atoms with Crippen molar-refractivity contribution in [3.05, 3.63) is 89.4 Å². The number of aromatic nitrogens is 2. The predicted molar refractivity (Wildman–Crippen MR) is 191 cm³/mol. The maximum Gasteiger partial charge on any atom is 0.257 e. The van der Waals surface area contributed by atoms with Crippen molar-refractivity contribution in [2.45, 2.75) is 82.5 Å². The maximum absolute atomic E-state index is 15.4. The van der Waals surface area contributed by atoms with Crippen LogP contribution in [0.15, 0.2) is 66.9 Å². The zero-order valence-corrected chi connectivity index (χ0v) is 28.7. The van der Waals surface area contributed by atoms with Crippen LogP contribution in [0.25, 0.3) is 10.9 Å². The summed E-state index contributed by atoms with van der Waals surface area (Å²) in [6.07, 6.45) is 9.01. The Morgan fingerprint density at radius 2 is 1.62 bits per heavy atom. The van der Waals surface area contributed by atoms with E-state index in [1.807, 2.05) is 53.6 Å². The van der Waals surface area contributed by atoms with E-state index in [4.69, 9.17) is 14.6 Å². The first-order valence-corrected chi connectivity index (χ1v) is 18.3. The molecule has 1 aliphatic carbocycles. The van der Waals surface area contributed by atoms with Crippen molar-refractivity contribution in [1.82, 2.24) is 14.7 Å².